The van der Waals surface area contributed by atoms with Crippen LogP contribution in [0.4, 0.5) is 5.69 Å². The van der Waals surface area contributed by atoms with Crippen molar-refractivity contribution >= 4 is 11.6 Å². The fourth-order valence-electron chi connectivity index (χ4n) is 4.40. The van der Waals surface area contributed by atoms with Crippen LogP contribution in [0.3, 0.4) is 0 Å². The number of benzene rings is 1. The number of phenols is 1. The monoisotopic (exact) mass is 461 g/mol. The van der Waals surface area contributed by atoms with Gasteiger partial charge in [0.15, 0.2) is 0 Å². The summed E-state index contributed by atoms with van der Waals surface area (Å²) < 4.78 is 11.1. The molecule has 1 aromatic rings. The van der Waals surface area contributed by atoms with Crippen LogP contribution >= 0.6 is 0 Å². The average molecular weight is 462 g/mol. The van der Waals surface area contributed by atoms with Crippen molar-refractivity contribution in [1.82, 2.24) is 0 Å². The summed E-state index contributed by atoms with van der Waals surface area (Å²) in [4.78, 5) is 12.3. The van der Waals surface area contributed by atoms with Crippen molar-refractivity contribution in [3.8, 4) is 5.75 Å². The van der Waals surface area contributed by atoms with E-state index in [0.717, 1.165) is 11.1 Å². The highest BCUT2D eigenvalue weighted by atomic mass is 16.5. The first-order valence-electron chi connectivity index (χ1n) is 11.5. The van der Waals surface area contributed by atoms with E-state index in [4.69, 9.17) is 9.47 Å². The number of carbonyl (C=O) groups is 1. The number of phenolic OH excluding ortho intramolecular Hbond substituents is 1. The molecule has 2 rings (SSSR count). The lowest BCUT2D eigenvalue weighted by molar-refractivity contribution is -0.111. The summed E-state index contributed by atoms with van der Waals surface area (Å²) in [6, 6.07) is 5.04. The number of aromatic hydroxyl groups is 1. The number of anilines is 1. The topological polar surface area (TPSA) is 108 Å². The van der Waals surface area contributed by atoms with E-state index in [0.29, 0.717) is 31.4 Å². The first-order valence-corrected chi connectivity index (χ1v) is 11.5. The van der Waals surface area contributed by atoms with E-state index in [1.165, 1.54) is 12.1 Å². The maximum absolute atomic E-state index is 12.3. The van der Waals surface area contributed by atoms with Gasteiger partial charge in [0, 0.05) is 31.9 Å². The standard InChI is InChI=1S/C26H39NO6/c1-16-10-19-13-20(15-21(28)14-19)27-24(29)9-7-6-8-22(32-4)25(30)17(2)12-18(3)26(31)23(11-16)33-5/h7,9,12-16,18,22-23,25-26,28,30-31H,6,8,10-11H2,1-5H3,(H,27,29)/b9-7+,17-12+/t16-,18+,22+,23+,25+,26-/m1/s1. The van der Waals surface area contributed by atoms with Crippen LogP contribution in [-0.4, -0.2) is 59.9 Å². The van der Waals surface area contributed by atoms with Gasteiger partial charge in [0.25, 0.3) is 0 Å². The molecule has 1 amide bonds. The third-order valence-electron chi connectivity index (χ3n) is 6.22. The summed E-state index contributed by atoms with van der Waals surface area (Å²) >= 11 is 0. The van der Waals surface area contributed by atoms with E-state index in [-0.39, 0.29) is 23.5 Å². The maximum atomic E-state index is 12.3. The fourth-order valence-corrected chi connectivity index (χ4v) is 4.40. The number of aliphatic hydroxyl groups is 2. The minimum Gasteiger partial charge on any atom is -0.508 e. The van der Waals surface area contributed by atoms with Gasteiger partial charge in [-0.05, 0) is 67.9 Å². The molecule has 33 heavy (non-hydrogen) atoms. The third kappa shape index (κ3) is 8.27. The Balaban J connectivity index is 2.34. The van der Waals surface area contributed by atoms with E-state index in [1.807, 2.05) is 26.0 Å². The second kappa shape index (κ2) is 12.9. The molecule has 0 spiro atoms. The molecule has 0 saturated heterocycles. The number of fused-ring (bicyclic) bond motifs is 2. The lowest BCUT2D eigenvalue weighted by Gasteiger charge is -2.29. The minimum atomic E-state index is -0.821. The molecule has 0 unspecified atom stereocenters. The van der Waals surface area contributed by atoms with Crippen molar-refractivity contribution < 1.29 is 29.6 Å². The van der Waals surface area contributed by atoms with Crippen LogP contribution in [0.5, 0.6) is 5.75 Å². The number of ether oxygens (including phenoxy) is 2. The van der Waals surface area contributed by atoms with Crippen LogP contribution in [0.1, 0.15) is 45.6 Å². The van der Waals surface area contributed by atoms with Crippen molar-refractivity contribution in [2.24, 2.45) is 11.8 Å². The Bertz CT molecular complexity index is 836. The van der Waals surface area contributed by atoms with E-state index >= 15 is 0 Å². The largest absolute Gasteiger partial charge is 0.508 e. The van der Waals surface area contributed by atoms with E-state index in [9.17, 15) is 20.1 Å². The molecule has 0 aliphatic carbocycles. The van der Waals surface area contributed by atoms with Gasteiger partial charge in [-0.25, -0.2) is 0 Å². The Labute approximate surface area is 197 Å². The Morgan fingerprint density at radius 1 is 1.06 bits per heavy atom. The summed E-state index contributed by atoms with van der Waals surface area (Å²) in [6.07, 6.45) is 4.99. The van der Waals surface area contributed by atoms with E-state index < -0.39 is 24.4 Å². The molecule has 4 N–H and O–H groups in total. The second-order valence-corrected chi connectivity index (χ2v) is 9.16. The summed E-state index contributed by atoms with van der Waals surface area (Å²) in [5, 5.41) is 34.6. The number of methoxy groups -OCH3 is 2. The van der Waals surface area contributed by atoms with E-state index in [1.54, 1.807) is 26.4 Å². The summed E-state index contributed by atoms with van der Waals surface area (Å²) in [5.41, 5.74) is 2.13. The molecular weight excluding hydrogens is 422 g/mol. The molecule has 2 bridgehead atoms. The zero-order valence-corrected chi connectivity index (χ0v) is 20.3. The number of aliphatic hydroxyl groups excluding tert-OH is 2. The van der Waals surface area contributed by atoms with E-state index in [2.05, 4.69) is 12.2 Å². The molecule has 184 valence electrons. The molecule has 0 radical (unpaired) electrons. The molecule has 7 nitrogen and oxygen atoms in total. The average Bonchev–Trinajstić information content (AvgIpc) is 2.75. The van der Waals surface area contributed by atoms with Gasteiger partial charge in [-0.2, -0.15) is 0 Å². The molecule has 1 aliphatic rings. The quantitative estimate of drug-likeness (QED) is 0.502. The number of allylic oxidation sites excluding steroid dienone is 1. The van der Waals surface area contributed by atoms with Gasteiger partial charge in [0.05, 0.1) is 18.3 Å². The highest BCUT2D eigenvalue weighted by molar-refractivity contribution is 5.99. The number of rotatable bonds is 2. The highest BCUT2D eigenvalue weighted by Gasteiger charge is 2.27. The smallest absolute Gasteiger partial charge is 0.248 e. The summed E-state index contributed by atoms with van der Waals surface area (Å²) in [6.45, 7) is 5.80. The Hall–Kier alpha value is -2.19. The lowest BCUT2D eigenvalue weighted by atomic mass is 9.88. The Morgan fingerprint density at radius 3 is 2.42 bits per heavy atom. The second-order valence-electron chi connectivity index (χ2n) is 9.16. The van der Waals surface area contributed by atoms with Crippen LogP contribution in [0.15, 0.2) is 42.0 Å². The Morgan fingerprint density at radius 2 is 1.76 bits per heavy atom. The maximum Gasteiger partial charge on any atom is 0.248 e. The number of nitrogens with one attached hydrogen (secondary N) is 1. The number of amides is 1. The SMILES string of the molecule is CO[C@H]1C[C@H](C)Cc2cc(O)cc(c2)NC(=O)/C=C/CC[C@H](OC)[C@@H](O)/C(C)=C/[C@H](C)[C@H]1O. The molecule has 1 aromatic carbocycles. The molecule has 6 atom stereocenters. The van der Waals surface area contributed by atoms with Crippen molar-refractivity contribution in [1.29, 1.82) is 0 Å². The van der Waals surface area contributed by atoms with Crippen molar-refractivity contribution in [2.45, 2.75) is 70.9 Å². The number of carbonyl (C=O) groups excluding carboxylic acids is 1. The molecular formula is C26H39NO6. The van der Waals surface area contributed by atoms with Crippen molar-refractivity contribution in [3.63, 3.8) is 0 Å². The summed E-state index contributed by atoms with van der Waals surface area (Å²) in [7, 11) is 3.14. The van der Waals surface area contributed by atoms with Crippen molar-refractivity contribution in [2.75, 3.05) is 19.5 Å². The summed E-state index contributed by atoms with van der Waals surface area (Å²) in [5.74, 6) is -0.290. The lowest BCUT2D eigenvalue weighted by Crippen LogP contribution is -2.35. The highest BCUT2D eigenvalue weighted by Crippen LogP contribution is 2.26. The Kier molecular flexibility index (Phi) is 10.6. The van der Waals surface area contributed by atoms with Gasteiger partial charge >= 0.3 is 0 Å². The third-order valence-corrected chi connectivity index (χ3v) is 6.22. The van der Waals surface area contributed by atoms with Gasteiger partial charge in [0.2, 0.25) is 5.91 Å². The van der Waals surface area contributed by atoms with Crippen LogP contribution in [0, 0.1) is 11.8 Å². The van der Waals surface area contributed by atoms with Crippen LogP contribution < -0.4 is 5.32 Å². The predicted octanol–water partition coefficient (Wildman–Crippen LogP) is 3.58. The molecule has 1 heterocycles. The minimum absolute atomic E-state index is 0.0827. The van der Waals surface area contributed by atoms with Crippen LogP contribution in [0.25, 0.3) is 0 Å². The van der Waals surface area contributed by atoms with Gasteiger partial charge in [-0.15, -0.1) is 0 Å². The molecule has 1 aliphatic heterocycles. The zero-order valence-electron chi connectivity index (χ0n) is 20.3. The first-order chi connectivity index (χ1) is 15.6. The van der Waals surface area contributed by atoms with Crippen LogP contribution in [-0.2, 0) is 20.7 Å². The molecule has 0 saturated carbocycles. The van der Waals surface area contributed by atoms with Gasteiger partial charge in [-0.3, -0.25) is 4.79 Å². The molecule has 7 heteroatoms. The zero-order chi connectivity index (χ0) is 24.5. The number of hydrogen-bond acceptors (Lipinski definition) is 6. The fraction of sp³-hybridized carbons (Fsp3) is 0.577. The van der Waals surface area contributed by atoms with Gasteiger partial charge in [0.1, 0.15) is 11.9 Å². The van der Waals surface area contributed by atoms with Gasteiger partial charge < -0.3 is 30.1 Å². The first kappa shape index (κ1) is 27.1. The molecule has 0 aromatic heterocycles. The van der Waals surface area contributed by atoms with Crippen LogP contribution in [0.2, 0.25) is 0 Å². The number of hydrogen-bond donors (Lipinski definition) is 4. The van der Waals surface area contributed by atoms with Gasteiger partial charge in [-0.1, -0.05) is 26.0 Å². The predicted molar refractivity (Wildman–Crippen MR) is 129 cm³/mol. The normalized spacial score (nSPS) is 33.1. The van der Waals surface area contributed by atoms with Crippen molar-refractivity contribution in [3.05, 3.63) is 47.6 Å². The molecule has 0 fully saturated rings.